The fourth-order valence-electron chi connectivity index (χ4n) is 2.35. The summed E-state index contributed by atoms with van der Waals surface area (Å²) in [6.45, 7) is 1.56. The zero-order valence-corrected chi connectivity index (χ0v) is 15.7. The number of hydrogen-bond donors (Lipinski definition) is 2. The van der Waals surface area contributed by atoms with Gasteiger partial charge < -0.3 is 15.4 Å². The largest absolute Gasteiger partial charge is 0.573 e. The van der Waals surface area contributed by atoms with Crippen molar-refractivity contribution >= 4 is 23.3 Å². The van der Waals surface area contributed by atoms with E-state index in [0.717, 1.165) is 0 Å². The fourth-order valence-corrected chi connectivity index (χ4v) is 2.54. The van der Waals surface area contributed by atoms with Crippen LogP contribution in [0.2, 0.25) is 5.02 Å². The Hall–Kier alpha value is -3.48. The summed E-state index contributed by atoms with van der Waals surface area (Å²) in [4.78, 5) is 24.3. The van der Waals surface area contributed by atoms with E-state index in [1.165, 1.54) is 23.4 Å². The molecule has 0 aliphatic rings. The molecule has 0 spiro atoms. The van der Waals surface area contributed by atoms with Crippen molar-refractivity contribution in [2.75, 3.05) is 5.32 Å². The summed E-state index contributed by atoms with van der Waals surface area (Å²) in [5, 5.41) is 7.92. The molecule has 1 atom stereocenters. The number of carbonyl (C=O) groups excluding carboxylic acids is 1. The smallest absolute Gasteiger partial charge is 0.404 e. The highest BCUT2D eigenvalue weighted by atomic mass is 35.5. The van der Waals surface area contributed by atoms with E-state index in [0.29, 0.717) is 12.1 Å². The molecule has 0 bridgehead atoms. The molecule has 2 heterocycles. The Morgan fingerprint density at radius 2 is 1.93 bits per heavy atom. The van der Waals surface area contributed by atoms with Gasteiger partial charge in [0, 0.05) is 18.5 Å². The van der Waals surface area contributed by atoms with Crippen LogP contribution in [0.5, 0.6) is 5.75 Å². The number of carbonyl (C=O) groups is 1. The van der Waals surface area contributed by atoms with Gasteiger partial charge in [0.05, 0.1) is 16.8 Å². The number of nitrogens with zero attached hydrogens (tertiary/aromatic N) is 5. The van der Waals surface area contributed by atoms with E-state index >= 15 is 0 Å². The second-order valence-corrected chi connectivity index (χ2v) is 6.12. The minimum Gasteiger partial charge on any atom is -0.404 e. The molecule has 3 rings (SSSR count). The molecule has 2 N–H and O–H groups in total. The summed E-state index contributed by atoms with van der Waals surface area (Å²) in [6.07, 6.45) is -0.842. The summed E-state index contributed by atoms with van der Waals surface area (Å²) in [5.74, 6) is -1.46. The van der Waals surface area contributed by atoms with E-state index in [1.807, 2.05) is 0 Å². The lowest BCUT2D eigenvalue weighted by Gasteiger charge is -2.16. The molecule has 30 heavy (non-hydrogen) atoms. The fraction of sp³-hybridized carbons (Fsp3) is 0.188. The molecule has 0 aliphatic heterocycles. The Bertz CT molecular complexity index is 1050. The highest BCUT2D eigenvalue weighted by Gasteiger charge is 2.32. The number of rotatable bonds is 5. The standard InChI is InChI=1S/C16H12ClF4N7O2/c1-8(13-24-7-25-28(13)14-22-3-2-4-23-14)26-15(29)27-11-6-12(30-16(19,20)21)9(17)5-10(11)18/h2-8H,1H3,(H2,26,27,29)/t8-/m0/s1. The number of halogens is 5. The van der Waals surface area contributed by atoms with E-state index in [-0.39, 0.29) is 11.8 Å². The zero-order chi connectivity index (χ0) is 21.9. The summed E-state index contributed by atoms with van der Waals surface area (Å²) in [7, 11) is 0. The van der Waals surface area contributed by atoms with Gasteiger partial charge in [0.2, 0.25) is 0 Å². The third kappa shape index (κ3) is 5.11. The second-order valence-electron chi connectivity index (χ2n) is 5.71. The maximum atomic E-state index is 14.0. The van der Waals surface area contributed by atoms with Crippen molar-refractivity contribution in [3.8, 4) is 11.7 Å². The molecule has 0 aliphatic carbocycles. The number of alkyl halides is 3. The lowest BCUT2D eigenvalue weighted by atomic mass is 10.2. The van der Waals surface area contributed by atoms with Gasteiger partial charge in [-0.1, -0.05) is 11.6 Å². The van der Waals surface area contributed by atoms with Gasteiger partial charge in [0.25, 0.3) is 5.95 Å². The van der Waals surface area contributed by atoms with Gasteiger partial charge in [-0.3, -0.25) is 0 Å². The molecule has 0 radical (unpaired) electrons. The van der Waals surface area contributed by atoms with Gasteiger partial charge in [0.15, 0.2) is 5.82 Å². The van der Waals surface area contributed by atoms with Crippen molar-refractivity contribution < 1.29 is 27.1 Å². The van der Waals surface area contributed by atoms with E-state index < -0.39 is 40.7 Å². The molecule has 0 unspecified atom stereocenters. The zero-order valence-electron chi connectivity index (χ0n) is 15.0. The molecule has 9 nitrogen and oxygen atoms in total. The molecule has 1 aromatic carbocycles. The van der Waals surface area contributed by atoms with Crippen LogP contribution in [0, 0.1) is 5.82 Å². The maximum absolute atomic E-state index is 14.0. The van der Waals surface area contributed by atoms with Gasteiger partial charge in [-0.15, -0.1) is 13.2 Å². The van der Waals surface area contributed by atoms with Gasteiger partial charge in [-0.2, -0.15) is 9.78 Å². The van der Waals surface area contributed by atoms with E-state index in [9.17, 15) is 22.4 Å². The minimum absolute atomic E-state index is 0.205. The monoisotopic (exact) mass is 445 g/mol. The minimum atomic E-state index is -5.04. The van der Waals surface area contributed by atoms with Crippen LogP contribution in [0.4, 0.5) is 28.0 Å². The number of benzene rings is 1. The number of hydrogen-bond acceptors (Lipinski definition) is 6. The molecule has 14 heteroatoms. The Kier molecular flexibility index (Phi) is 6.01. The van der Waals surface area contributed by atoms with Crippen molar-refractivity contribution in [1.29, 1.82) is 0 Å². The van der Waals surface area contributed by atoms with Crippen LogP contribution >= 0.6 is 11.6 Å². The van der Waals surface area contributed by atoms with Crippen LogP contribution in [-0.2, 0) is 0 Å². The third-order valence-electron chi connectivity index (χ3n) is 3.55. The van der Waals surface area contributed by atoms with Gasteiger partial charge in [0.1, 0.15) is 17.9 Å². The number of nitrogens with one attached hydrogen (secondary N) is 2. The first kappa shape index (κ1) is 21.2. The SMILES string of the molecule is C[C@H](NC(=O)Nc1cc(OC(F)(F)F)c(Cl)cc1F)c1ncnn1-c1ncccn1. The normalized spacial score (nSPS) is 12.3. The van der Waals surface area contributed by atoms with Crippen molar-refractivity contribution in [2.45, 2.75) is 19.3 Å². The molecular formula is C16H12ClF4N7O2. The first-order valence-corrected chi connectivity index (χ1v) is 8.51. The predicted molar refractivity (Wildman–Crippen MR) is 95.6 cm³/mol. The summed E-state index contributed by atoms with van der Waals surface area (Å²) >= 11 is 5.55. The molecule has 0 fully saturated rings. The summed E-state index contributed by atoms with van der Waals surface area (Å²) in [6, 6.07) is 1.13. The van der Waals surface area contributed by atoms with Crippen LogP contribution in [-0.4, -0.2) is 37.1 Å². The van der Waals surface area contributed by atoms with Crippen molar-refractivity contribution in [1.82, 2.24) is 30.0 Å². The highest BCUT2D eigenvalue weighted by Crippen LogP contribution is 2.34. The lowest BCUT2D eigenvalue weighted by molar-refractivity contribution is -0.274. The summed E-state index contributed by atoms with van der Waals surface area (Å²) < 4.78 is 56.3. The molecule has 0 saturated heterocycles. The van der Waals surface area contributed by atoms with E-state index in [2.05, 4.69) is 35.4 Å². The van der Waals surface area contributed by atoms with Crippen LogP contribution in [0.3, 0.4) is 0 Å². The van der Waals surface area contributed by atoms with Crippen molar-refractivity contribution in [2.24, 2.45) is 0 Å². The Morgan fingerprint density at radius 3 is 2.60 bits per heavy atom. The van der Waals surface area contributed by atoms with Crippen molar-refractivity contribution in [3.63, 3.8) is 0 Å². The number of urea groups is 1. The van der Waals surface area contributed by atoms with E-state index in [4.69, 9.17) is 11.6 Å². The average molecular weight is 446 g/mol. The number of amides is 2. The first-order valence-electron chi connectivity index (χ1n) is 8.13. The molecule has 0 saturated carbocycles. The Balaban J connectivity index is 1.74. The second kappa shape index (κ2) is 8.49. The number of anilines is 1. The number of ether oxygens (including phenoxy) is 1. The topological polar surface area (TPSA) is 107 Å². The quantitative estimate of drug-likeness (QED) is 0.581. The van der Waals surface area contributed by atoms with Gasteiger partial charge in [-0.25, -0.2) is 24.1 Å². The van der Waals surface area contributed by atoms with Crippen molar-refractivity contribution in [3.05, 3.63) is 53.6 Å². The molecular weight excluding hydrogens is 434 g/mol. The summed E-state index contributed by atoms with van der Waals surface area (Å²) in [5.41, 5.74) is -0.573. The van der Waals surface area contributed by atoms with Crippen LogP contribution in [0.1, 0.15) is 18.8 Å². The van der Waals surface area contributed by atoms with Crippen LogP contribution in [0.25, 0.3) is 5.95 Å². The van der Waals surface area contributed by atoms with Crippen LogP contribution in [0.15, 0.2) is 36.9 Å². The molecule has 3 aromatic rings. The van der Waals surface area contributed by atoms with Gasteiger partial charge >= 0.3 is 12.4 Å². The highest BCUT2D eigenvalue weighted by molar-refractivity contribution is 6.32. The Morgan fingerprint density at radius 1 is 1.23 bits per heavy atom. The van der Waals surface area contributed by atoms with Gasteiger partial charge in [-0.05, 0) is 19.1 Å². The number of aromatic nitrogens is 5. The maximum Gasteiger partial charge on any atom is 0.573 e. The first-order chi connectivity index (χ1) is 14.1. The molecule has 2 aromatic heterocycles. The lowest BCUT2D eigenvalue weighted by Crippen LogP contribution is -2.33. The molecule has 2 amide bonds. The van der Waals surface area contributed by atoms with E-state index in [1.54, 1.807) is 13.0 Å². The predicted octanol–water partition coefficient (Wildman–Crippen LogP) is 3.63. The Labute approximate surface area is 171 Å². The third-order valence-corrected chi connectivity index (χ3v) is 3.84. The molecule has 158 valence electrons. The average Bonchev–Trinajstić information content (AvgIpc) is 3.15. The van der Waals surface area contributed by atoms with Crippen LogP contribution < -0.4 is 15.4 Å².